The Balaban J connectivity index is 1.68. The Labute approximate surface area is 140 Å². The zero-order valence-corrected chi connectivity index (χ0v) is 13.5. The van der Waals surface area contributed by atoms with Crippen LogP contribution in [-0.4, -0.2) is 22.7 Å². The minimum absolute atomic E-state index is 0.0286. The first-order chi connectivity index (χ1) is 11.0. The van der Waals surface area contributed by atoms with Crippen molar-refractivity contribution in [3.8, 4) is 5.75 Å². The molecule has 0 saturated carbocycles. The quantitative estimate of drug-likeness (QED) is 0.681. The molecule has 0 aromatic heterocycles. The van der Waals surface area contributed by atoms with Gasteiger partial charge in [0.05, 0.1) is 12.5 Å². The highest BCUT2D eigenvalue weighted by Crippen LogP contribution is 2.19. The molecular formula is C18H20ClNO3. The van der Waals surface area contributed by atoms with Crippen molar-refractivity contribution in [2.45, 2.75) is 25.4 Å². The van der Waals surface area contributed by atoms with Crippen LogP contribution in [0.15, 0.2) is 48.5 Å². The monoisotopic (exact) mass is 333 g/mol. The molecule has 0 fully saturated rings. The first-order valence-corrected chi connectivity index (χ1v) is 7.90. The van der Waals surface area contributed by atoms with Gasteiger partial charge in [0.2, 0.25) is 5.91 Å². The van der Waals surface area contributed by atoms with Gasteiger partial charge in [0.1, 0.15) is 5.75 Å². The van der Waals surface area contributed by atoms with Crippen molar-refractivity contribution in [3.05, 3.63) is 64.7 Å². The second-order valence-corrected chi connectivity index (χ2v) is 5.83. The van der Waals surface area contributed by atoms with Crippen LogP contribution in [0.1, 0.15) is 30.1 Å². The molecule has 3 N–H and O–H groups in total. The van der Waals surface area contributed by atoms with Crippen LogP contribution in [0, 0.1) is 0 Å². The van der Waals surface area contributed by atoms with E-state index >= 15 is 0 Å². The fourth-order valence-corrected chi connectivity index (χ4v) is 2.36. The highest BCUT2D eigenvalue weighted by Gasteiger charge is 2.12. The van der Waals surface area contributed by atoms with Crippen molar-refractivity contribution < 1.29 is 15.0 Å². The van der Waals surface area contributed by atoms with Gasteiger partial charge in [-0.1, -0.05) is 35.9 Å². The lowest BCUT2D eigenvalue weighted by Gasteiger charge is -2.11. The number of aromatic hydroxyl groups is 1. The number of carbonyl (C=O) groups is 1. The highest BCUT2D eigenvalue weighted by atomic mass is 35.5. The fourth-order valence-electron chi connectivity index (χ4n) is 2.23. The Hall–Kier alpha value is -2.04. The van der Waals surface area contributed by atoms with Crippen LogP contribution in [0.4, 0.5) is 0 Å². The van der Waals surface area contributed by atoms with Crippen LogP contribution in [0.2, 0.25) is 5.02 Å². The van der Waals surface area contributed by atoms with E-state index in [1.807, 2.05) is 12.1 Å². The van der Waals surface area contributed by atoms with Gasteiger partial charge in [0.25, 0.3) is 0 Å². The van der Waals surface area contributed by atoms with E-state index in [9.17, 15) is 15.0 Å². The zero-order valence-electron chi connectivity index (χ0n) is 12.7. The molecule has 2 aromatic carbocycles. The van der Waals surface area contributed by atoms with Crippen LogP contribution < -0.4 is 5.32 Å². The van der Waals surface area contributed by atoms with Crippen molar-refractivity contribution in [2.75, 3.05) is 6.54 Å². The Kier molecular flexibility index (Phi) is 6.44. The summed E-state index contributed by atoms with van der Waals surface area (Å²) in [6, 6.07) is 13.8. The normalized spacial score (nSPS) is 11.9. The predicted octanol–water partition coefficient (Wildman–Crippen LogP) is 3.22. The van der Waals surface area contributed by atoms with Gasteiger partial charge < -0.3 is 15.5 Å². The summed E-state index contributed by atoms with van der Waals surface area (Å²) in [5.41, 5.74) is 1.78. The Morgan fingerprint density at radius 1 is 1.09 bits per heavy atom. The van der Waals surface area contributed by atoms with Crippen LogP contribution in [0.25, 0.3) is 0 Å². The number of benzene rings is 2. The number of rotatable bonds is 7. The van der Waals surface area contributed by atoms with Crippen molar-refractivity contribution >= 4 is 17.5 Å². The third kappa shape index (κ3) is 5.93. The summed E-state index contributed by atoms with van der Waals surface area (Å²) >= 11 is 5.79. The minimum atomic E-state index is -0.829. The molecule has 1 amide bonds. The van der Waals surface area contributed by atoms with Gasteiger partial charge in [0, 0.05) is 11.6 Å². The lowest BCUT2D eigenvalue weighted by molar-refractivity contribution is -0.123. The third-order valence-electron chi connectivity index (χ3n) is 3.53. The molecule has 0 radical (unpaired) electrons. The van der Waals surface area contributed by atoms with Gasteiger partial charge in [-0.2, -0.15) is 0 Å². The topological polar surface area (TPSA) is 69.6 Å². The van der Waals surface area contributed by atoms with Crippen LogP contribution in [0.5, 0.6) is 5.75 Å². The maximum absolute atomic E-state index is 11.8. The average molecular weight is 334 g/mol. The Morgan fingerprint density at radius 2 is 1.74 bits per heavy atom. The van der Waals surface area contributed by atoms with Gasteiger partial charge in [-0.05, 0) is 48.2 Å². The SMILES string of the molecule is O=C(CC(O)c1ccc(Cl)cc1)NCCCc1ccc(O)cc1. The molecule has 2 rings (SSSR count). The second kappa shape index (κ2) is 8.56. The van der Waals surface area contributed by atoms with E-state index in [0.717, 1.165) is 18.4 Å². The van der Waals surface area contributed by atoms with Crippen LogP contribution in [-0.2, 0) is 11.2 Å². The second-order valence-electron chi connectivity index (χ2n) is 5.39. The molecule has 122 valence electrons. The molecule has 0 heterocycles. The summed E-state index contributed by atoms with van der Waals surface area (Å²) in [7, 11) is 0. The number of hydrogen-bond donors (Lipinski definition) is 3. The molecule has 0 saturated heterocycles. The summed E-state index contributed by atoms with van der Waals surface area (Å²) < 4.78 is 0. The summed E-state index contributed by atoms with van der Waals surface area (Å²) in [4.78, 5) is 11.8. The van der Waals surface area contributed by atoms with Gasteiger partial charge in [-0.3, -0.25) is 4.79 Å². The first kappa shape index (κ1) is 17.3. The largest absolute Gasteiger partial charge is 0.508 e. The predicted molar refractivity (Wildman–Crippen MR) is 90.5 cm³/mol. The maximum Gasteiger partial charge on any atom is 0.222 e. The van der Waals surface area contributed by atoms with E-state index in [2.05, 4.69) is 5.32 Å². The molecule has 0 spiro atoms. The molecule has 1 unspecified atom stereocenters. The van der Waals surface area contributed by atoms with E-state index in [4.69, 9.17) is 11.6 Å². The maximum atomic E-state index is 11.8. The summed E-state index contributed by atoms with van der Waals surface area (Å²) in [5.74, 6) is 0.0661. The molecular weight excluding hydrogens is 314 g/mol. The molecule has 5 heteroatoms. The number of aliphatic hydroxyl groups is 1. The van der Waals surface area contributed by atoms with Crippen molar-refractivity contribution in [3.63, 3.8) is 0 Å². The number of aliphatic hydroxyl groups excluding tert-OH is 1. The lowest BCUT2D eigenvalue weighted by atomic mass is 10.1. The van der Waals surface area contributed by atoms with Crippen LogP contribution in [0.3, 0.4) is 0 Å². The van der Waals surface area contributed by atoms with E-state index in [1.54, 1.807) is 36.4 Å². The van der Waals surface area contributed by atoms with Gasteiger partial charge in [-0.25, -0.2) is 0 Å². The molecule has 1 atom stereocenters. The number of halogens is 1. The van der Waals surface area contributed by atoms with Gasteiger partial charge in [0.15, 0.2) is 0 Å². The molecule has 0 aliphatic heterocycles. The number of nitrogens with one attached hydrogen (secondary N) is 1. The van der Waals surface area contributed by atoms with Crippen molar-refractivity contribution in [2.24, 2.45) is 0 Å². The first-order valence-electron chi connectivity index (χ1n) is 7.53. The standard InChI is InChI=1S/C18H20ClNO3/c19-15-7-5-14(6-8-15)17(22)12-18(23)20-11-1-2-13-3-9-16(21)10-4-13/h3-10,17,21-22H,1-2,11-12H2,(H,20,23). The van der Waals surface area contributed by atoms with E-state index in [-0.39, 0.29) is 18.1 Å². The average Bonchev–Trinajstić information content (AvgIpc) is 2.54. The molecule has 0 aliphatic rings. The number of phenolic OH excluding ortho intramolecular Hbond substituents is 1. The number of amides is 1. The van der Waals surface area contributed by atoms with E-state index < -0.39 is 6.10 Å². The highest BCUT2D eigenvalue weighted by molar-refractivity contribution is 6.30. The van der Waals surface area contributed by atoms with Crippen LogP contribution >= 0.6 is 11.6 Å². The summed E-state index contributed by atoms with van der Waals surface area (Å²) in [6.45, 7) is 0.549. The molecule has 2 aromatic rings. The van der Waals surface area contributed by atoms with Gasteiger partial charge in [-0.15, -0.1) is 0 Å². The van der Waals surface area contributed by atoms with E-state index in [0.29, 0.717) is 17.1 Å². The summed E-state index contributed by atoms with van der Waals surface area (Å²) in [6.07, 6.45) is 0.818. The number of hydrogen-bond acceptors (Lipinski definition) is 3. The smallest absolute Gasteiger partial charge is 0.222 e. The lowest BCUT2D eigenvalue weighted by Crippen LogP contribution is -2.26. The Bertz CT molecular complexity index is 626. The van der Waals surface area contributed by atoms with Gasteiger partial charge >= 0.3 is 0 Å². The number of aryl methyl sites for hydroxylation is 1. The number of phenols is 1. The molecule has 23 heavy (non-hydrogen) atoms. The van der Waals surface area contributed by atoms with Crippen molar-refractivity contribution in [1.82, 2.24) is 5.32 Å². The van der Waals surface area contributed by atoms with E-state index in [1.165, 1.54) is 0 Å². The molecule has 0 aliphatic carbocycles. The zero-order chi connectivity index (χ0) is 16.7. The third-order valence-corrected chi connectivity index (χ3v) is 3.79. The molecule has 4 nitrogen and oxygen atoms in total. The number of carbonyl (C=O) groups excluding carboxylic acids is 1. The summed E-state index contributed by atoms with van der Waals surface area (Å²) in [5, 5.41) is 22.6. The fraction of sp³-hybridized carbons (Fsp3) is 0.278. The molecule has 0 bridgehead atoms. The Morgan fingerprint density at radius 3 is 2.39 bits per heavy atom. The van der Waals surface area contributed by atoms with Crippen molar-refractivity contribution in [1.29, 1.82) is 0 Å². The minimum Gasteiger partial charge on any atom is -0.508 e.